The molecular formula is C19H22N4O3S. The van der Waals surface area contributed by atoms with Crippen LogP contribution in [0.4, 0.5) is 0 Å². The van der Waals surface area contributed by atoms with E-state index in [1.54, 1.807) is 13.8 Å². The van der Waals surface area contributed by atoms with Crippen LogP contribution < -0.4 is 0 Å². The average Bonchev–Trinajstić information content (AvgIpc) is 3.35. The van der Waals surface area contributed by atoms with Crippen LogP contribution in [-0.2, 0) is 10.0 Å². The first-order valence-electron chi connectivity index (χ1n) is 8.92. The predicted octanol–water partition coefficient (Wildman–Crippen LogP) is 3.10. The summed E-state index contributed by atoms with van der Waals surface area (Å²) in [7, 11) is -3.63. The molecule has 1 fully saturated rings. The molecule has 0 radical (unpaired) electrons. The van der Waals surface area contributed by atoms with Gasteiger partial charge < -0.3 is 9.09 Å². The molecule has 27 heavy (non-hydrogen) atoms. The van der Waals surface area contributed by atoms with Gasteiger partial charge in [-0.1, -0.05) is 35.5 Å². The largest absolute Gasteiger partial charge is 0.360 e. The molecule has 4 rings (SSSR count). The van der Waals surface area contributed by atoms with E-state index >= 15 is 0 Å². The summed E-state index contributed by atoms with van der Waals surface area (Å²) in [6.07, 6.45) is 2.58. The maximum Gasteiger partial charge on any atom is 0.248 e. The molecule has 1 unspecified atom stereocenters. The summed E-state index contributed by atoms with van der Waals surface area (Å²) in [5.41, 5.74) is 2.45. The van der Waals surface area contributed by atoms with Crippen LogP contribution in [0.5, 0.6) is 0 Å². The van der Waals surface area contributed by atoms with E-state index in [-0.39, 0.29) is 10.9 Å². The van der Waals surface area contributed by atoms with Crippen molar-refractivity contribution in [2.75, 3.05) is 13.1 Å². The van der Waals surface area contributed by atoms with E-state index in [0.29, 0.717) is 24.5 Å². The second-order valence-electron chi connectivity index (χ2n) is 6.92. The maximum atomic E-state index is 13.1. The van der Waals surface area contributed by atoms with Crippen molar-refractivity contribution in [2.24, 2.45) is 0 Å². The number of benzene rings is 1. The Morgan fingerprint density at radius 1 is 1.15 bits per heavy atom. The number of aromatic nitrogens is 3. The molecule has 1 aliphatic rings. The topological polar surface area (TPSA) is 81.2 Å². The maximum absolute atomic E-state index is 13.1. The van der Waals surface area contributed by atoms with E-state index in [0.717, 1.165) is 23.5 Å². The molecule has 0 saturated carbocycles. The third-order valence-electron chi connectivity index (χ3n) is 5.07. The number of imidazole rings is 1. The lowest BCUT2D eigenvalue weighted by molar-refractivity contribution is 0.389. The number of rotatable bonds is 4. The highest BCUT2D eigenvalue weighted by Crippen LogP contribution is 2.33. The number of nitrogens with zero attached hydrogens (tertiary/aromatic N) is 4. The van der Waals surface area contributed by atoms with Gasteiger partial charge in [0.15, 0.2) is 5.76 Å². The molecule has 0 bridgehead atoms. The Morgan fingerprint density at radius 2 is 1.89 bits per heavy atom. The number of aryl methyl sites for hydroxylation is 3. The lowest BCUT2D eigenvalue weighted by Gasteiger charge is -2.19. The lowest BCUT2D eigenvalue weighted by atomic mass is 10.2. The smallest absolute Gasteiger partial charge is 0.248 e. The summed E-state index contributed by atoms with van der Waals surface area (Å²) in [6.45, 7) is 6.16. The third kappa shape index (κ3) is 2.98. The Labute approximate surface area is 158 Å². The van der Waals surface area contributed by atoms with Crippen LogP contribution in [0.3, 0.4) is 0 Å². The van der Waals surface area contributed by atoms with Crippen LogP contribution in [-0.4, -0.2) is 40.5 Å². The molecule has 8 heteroatoms. The Kier molecular flexibility index (Phi) is 4.39. The second kappa shape index (κ2) is 6.61. The molecular weight excluding hydrogens is 364 g/mol. The first kappa shape index (κ1) is 17.9. The molecule has 1 saturated heterocycles. The molecule has 1 aliphatic heterocycles. The zero-order valence-corrected chi connectivity index (χ0v) is 16.4. The average molecular weight is 386 g/mol. The third-order valence-corrected chi connectivity index (χ3v) is 7.18. The molecule has 0 amide bonds. The van der Waals surface area contributed by atoms with Crippen LogP contribution in [0, 0.1) is 20.8 Å². The van der Waals surface area contributed by atoms with Crippen molar-refractivity contribution in [3.63, 3.8) is 0 Å². The Bertz CT molecular complexity index is 1050. The van der Waals surface area contributed by atoms with Gasteiger partial charge in [-0.05, 0) is 27.2 Å². The molecule has 3 aromatic rings. The van der Waals surface area contributed by atoms with Gasteiger partial charge in [0.25, 0.3) is 0 Å². The van der Waals surface area contributed by atoms with Crippen molar-refractivity contribution in [2.45, 2.75) is 38.1 Å². The van der Waals surface area contributed by atoms with Crippen LogP contribution in [0.2, 0.25) is 0 Å². The van der Waals surface area contributed by atoms with Crippen molar-refractivity contribution in [1.29, 1.82) is 0 Å². The summed E-state index contributed by atoms with van der Waals surface area (Å²) in [6, 6.07) is 10.0. The fourth-order valence-electron chi connectivity index (χ4n) is 3.82. The van der Waals surface area contributed by atoms with Gasteiger partial charge in [-0.15, -0.1) is 0 Å². The van der Waals surface area contributed by atoms with Crippen LogP contribution in [0.15, 0.2) is 45.9 Å². The van der Waals surface area contributed by atoms with E-state index in [4.69, 9.17) is 4.52 Å². The summed E-state index contributed by atoms with van der Waals surface area (Å²) in [4.78, 5) is 4.75. The van der Waals surface area contributed by atoms with Gasteiger partial charge >= 0.3 is 0 Å². The van der Waals surface area contributed by atoms with E-state index in [1.165, 1.54) is 4.31 Å². The minimum absolute atomic E-state index is 0.0398. The fraction of sp³-hybridized carbons (Fsp3) is 0.368. The van der Waals surface area contributed by atoms with Gasteiger partial charge in [-0.25, -0.2) is 13.4 Å². The Hall–Kier alpha value is -2.45. The SMILES string of the molecule is Cc1noc(C)c1S(=O)(=O)N1CCC(n2c(C)cnc2-c2ccccc2)C1. The van der Waals surface area contributed by atoms with E-state index < -0.39 is 10.0 Å². The zero-order chi connectivity index (χ0) is 19.2. The van der Waals surface area contributed by atoms with Crippen molar-refractivity contribution in [1.82, 2.24) is 19.0 Å². The molecule has 1 aromatic carbocycles. The first-order valence-corrected chi connectivity index (χ1v) is 10.4. The number of hydrogen-bond donors (Lipinski definition) is 0. The second-order valence-corrected chi connectivity index (χ2v) is 8.79. The molecule has 0 spiro atoms. The van der Waals surface area contributed by atoms with Gasteiger partial charge in [0, 0.05) is 30.5 Å². The van der Waals surface area contributed by atoms with Gasteiger partial charge in [0.2, 0.25) is 10.0 Å². The van der Waals surface area contributed by atoms with E-state index in [1.807, 2.05) is 43.5 Å². The van der Waals surface area contributed by atoms with Gasteiger partial charge in [-0.2, -0.15) is 4.31 Å². The molecule has 0 aliphatic carbocycles. The minimum atomic E-state index is -3.63. The van der Waals surface area contributed by atoms with E-state index in [2.05, 4.69) is 14.7 Å². The molecule has 3 heterocycles. The first-order chi connectivity index (χ1) is 12.9. The summed E-state index contributed by atoms with van der Waals surface area (Å²) in [5, 5.41) is 3.79. The van der Waals surface area contributed by atoms with Crippen LogP contribution in [0.1, 0.15) is 29.6 Å². The molecule has 0 N–H and O–H groups in total. The summed E-state index contributed by atoms with van der Waals surface area (Å²) in [5.74, 6) is 1.20. The predicted molar refractivity (Wildman–Crippen MR) is 101 cm³/mol. The highest BCUT2D eigenvalue weighted by atomic mass is 32.2. The van der Waals surface area contributed by atoms with Crippen molar-refractivity contribution < 1.29 is 12.9 Å². The molecule has 2 aromatic heterocycles. The zero-order valence-electron chi connectivity index (χ0n) is 15.6. The van der Waals surface area contributed by atoms with Crippen molar-refractivity contribution >= 4 is 10.0 Å². The van der Waals surface area contributed by atoms with Crippen molar-refractivity contribution in [3.05, 3.63) is 53.7 Å². The van der Waals surface area contributed by atoms with Gasteiger partial charge in [-0.3, -0.25) is 0 Å². The molecule has 142 valence electrons. The van der Waals surface area contributed by atoms with Gasteiger partial charge in [0.05, 0.1) is 6.04 Å². The Morgan fingerprint density at radius 3 is 2.56 bits per heavy atom. The monoisotopic (exact) mass is 386 g/mol. The quantitative estimate of drug-likeness (QED) is 0.688. The molecule has 7 nitrogen and oxygen atoms in total. The highest BCUT2D eigenvalue weighted by Gasteiger charge is 2.37. The highest BCUT2D eigenvalue weighted by molar-refractivity contribution is 7.89. The normalized spacial score (nSPS) is 18.3. The van der Waals surface area contributed by atoms with Gasteiger partial charge in [0.1, 0.15) is 16.4 Å². The van der Waals surface area contributed by atoms with Crippen LogP contribution in [0.25, 0.3) is 11.4 Å². The number of sulfonamides is 1. The molecule has 1 atom stereocenters. The van der Waals surface area contributed by atoms with Crippen molar-refractivity contribution in [3.8, 4) is 11.4 Å². The standard InChI is InChI=1S/C19H22N4O3S/c1-13-11-20-19(16-7-5-4-6-8-16)23(13)17-9-10-22(12-17)27(24,25)18-14(2)21-26-15(18)3/h4-8,11,17H,9-10,12H2,1-3H3. The Balaban J connectivity index is 1.66. The lowest BCUT2D eigenvalue weighted by Crippen LogP contribution is -2.30. The van der Waals surface area contributed by atoms with Crippen LogP contribution >= 0.6 is 0 Å². The fourth-order valence-corrected chi connectivity index (χ4v) is 5.60. The number of hydrogen-bond acceptors (Lipinski definition) is 5. The summed E-state index contributed by atoms with van der Waals surface area (Å²) >= 11 is 0. The summed E-state index contributed by atoms with van der Waals surface area (Å²) < 4.78 is 34.9. The minimum Gasteiger partial charge on any atom is -0.360 e. The van der Waals surface area contributed by atoms with E-state index in [9.17, 15) is 8.42 Å².